The highest BCUT2D eigenvalue weighted by atomic mass is 32.1. The number of urea groups is 1. The molecule has 23 heavy (non-hydrogen) atoms. The smallest absolute Gasteiger partial charge is 0.319 e. The monoisotopic (exact) mass is 327 g/mol. The Morgan fingerprint density at radius 1 is 1.30 bits per heavy atom. The molecule has 118 valence electrons. The Morgan fingerprint density at radius 2 is 2.13 bits per heavy atom. The van der Waals surface area contributed by atoms with Crippen LogP contribution in [0.25, 0.3) is 0 Å². The molecule has 1 aliphatic heterocycles. The maximum atomic E-state index is 12.9. The fourth-order valence-corrected chi connectivity index (χ4v) is 3.99. The second kappa shape index (κ2) is 5.16. The third kappa shape index (κ3) is 2.25. The molecule has 0 bridgehead atoms. The molecule has 3 amide bonds. The van der Waals surface area contributed by atoms with E-state index in [0.717, 1.165) is 29.8 Å². The minimum absolute atomic E-state index is 0.212. The predicted octanol–water partition coefficient (Wildman–Crippen LogP) is 2.60. The van der Waals surface area contributed by atoms with Crippen molar-refractivity contribution in [3.05, 3.63) is 51.5 Å². The lowest BCUT2D eigenvalue weighted by Gasteiger charge is -2.23. The van der Waals surface area contributed by atoms with E-state index in [4.69, 9.17) is 0 Å². The van der Waals surface area contributed by atoms with Crippen LogP contribution < -0.4 is 5.32 Å². The van der Waals surface area contributed by atoms with Gasteiger partial charge in [0.25, 0.3) is 5.91 Å². The second-order valence-corrected chi connectivity index (χ2v) is 7.19. The van der Waals surface area contributed by atoms with Crippen LogP contribution in [-0.2, 0) is 29.7 Å². The maximum absolute atomic E-state index is 12.9. The Kier molecular flexibility index (Phi) is 3.23. The van der Waals surface area contributed by atoms with Crippen LogP contribution >= 0.6 is 11.3 Å². The van der Waals surface area contributed by atoms with Crippen LogP contribution in [0.15, 0.2) is 29.8 Å². The third-order valence-corrected chi connectivity index (χ3v) is 5.49. The highest BCUT2D eigenvalue weighted by Gasteiger charge is 2.49. The summed E-state index contributed by atoms with van der Waals surface area (Å²) in [6, 6.07) is 5.78. The lowest BCUT2D eigenvalue weighted by molar-refractivity contribution is -0.131. The molecule has 1 aromatic carbocycles. The van der Waals surface area contributed by atoms with Crippen LogP contribution in [0.4, 0.5) is 4.79 Å². The standard InChI is InChI=1S/C17H17N3O2S/c1-17(13-6-5-11-3-2-4-12(11)9-13)15(21)20(16(22)19-17)10-14-18-7-8-23-14/h5-9H,2-4,10H2,1H3,(H,19,22)/t17-/m0/s1. The molecule has 1 aliphatic carbocycles. The first kappa shape index (κ1) is 14.4. The average molecular weight is 327 g/mol. The van der Waals surface area contributed by atoms with Crippen LogP contribution in [0.3, 0.4) is 0 Å². The van der Waals surface area contributed by atoms with Gasteiger partial charge in [0.2, 0.25) is 0 Å². The van der Waals surface area contributed by atoms with Gasteiger partial charge in [0, 0.05) is 11.6 Å². The van der Waals surface area contributed by atoms with Gasteiger partial charge >= 0.3 is 6.03 Å². The molecule has 6 heteroatoms. The van der Waals surface area contributed by atoms with E-state index < -0.39 is 5.54 Å². The zero-order valence-corrected chi connectivity index (χ0v) is 13.7. The summed E-state index contributed by atoms with van der Waals surface area (Å²) in [4.78, 5) is 30.6. The van der Waals surface area contributed by atoms with Crippen molar-refractivity contribution in [3.63, 3.8) is 0 Å². The van der Waals surface area contributed by atoms with E-state index in [-0.39, 0.29) is 18.5 Å². The fraction of sp³-hybridized carbons (Fsp3) is 0.353. The number of nitrogens with one attached hydrogen (secondary N) is 1. The molecular weight excluding hydrogens is 310 g/mol. The Bertz CT molecular complexity index is 787. The molecule has 0 spiro atoms. The van der Waals surface area contributed by atoms with Gasteiger partial charge in [-0.1, -0.05) is 18.2 Å². The summed E-state index contributed by atoms with van der Waals surface area (Å²) >= 11 is 1.44. The quantitative estimate of drug-likeness (QED) is 0.882. The summed E-state index contributed by atoms with van der Waals surface area (Å²) in [7, 11) is 0. The van der Waals surface area contributed by atoms with Crippen molar-refractivity contribution < 1.29 is 9.59 Å². The number of aromatic nitrogens is 1. The lowest BCUT2D eigenvalue weighted by atomic mass is 9.90. The molecule has 0 radical (unpaired) electrons. The van der Waals surface area contributed by atoms with Gasteiger partial charge in [0.05, 0.1) is 6.54 Å². The molecule has 2 aromatic rings. The zero-order valence-electron chi connectivity index (χ0n) is 12.8. The number of carbonyl (C=O) groups is 2. The highest BCUT2D eigenvalue weighted by Crippen LogP contribution is 2.33. The molecule has 2 heterocycles. The van der Waals surface area contributed by atoms with Crippen molar-refractivity contribution in [2.45, 2.75) is 38.3 Å². The first-order chi connectivity index (χ1) is 11.1. The summed E-state index contributed by atoms with van der Waals surface area (Å²) < 4.78 is 0. The predicted molar refractivity (Wildman–Crippen MR) is 87.0 cm³/mol. The number of hydrogen-bond donors (Lipinski definition) is 1. The van der Waals surface area contributed by atoms with E-state index in [0.29, 0.717) is 0 Å². The Labute approximate surface area is 138 Å². The maximum Gasteiger partial charge on any atom is 0.325 e. The van der Waals surface area contributed by atoms with Gasteiger partial charge in [0.15, 0.2) is 0 Å². The number of hydrogen-bond acceptors (Lipinski definition) is 4. The van der Waals surface area contributed by atoms with Gasteiger partial charge in [-0.25, -0.2) is 9.78 Å². The normalized spacial score (nSPS) is 23.3. The van der Waals surface area contributed by atoms with Crippen molar-refractivity contribution in [1.29, 1.82) is 0 Å². The second-order valence-electron chi connectivity index (χ2n) is 6.21. The van der Waals surface area contributed by atoms with Gasteiger partial charge < -0.3 is 5.32 Å². The number of imide groups is 1. The SMILES string of the molecule is C[C@@]1(c2ccc3c(c2)CCC3)NC(=O)N(Cc2nccs2)C1=O. The van der Waals surface area contributed by atoms with Gasteiger partial charge in [-0.2, -0.15) is 0 Å². The van der Waals surface area contributed by atoms with Gasteiger partial charge in [-0.3, -0.25) is 9.69 Å². The zero-order chi connectivity index (χ0) is 16.0. The molecule has 2 aliphatic rings. The van der Waals surface area contributed by atoms with E-state index in [2.05, 4.69) is 22.4 Å². The van der Waals surface area contributed by atoms with Crippen molar-refractivity contribution >= 4 is 23.3 Å². The summed E-state index contributed by atoms with van der Waals surface area (Å²) in [6.45, 7) is 2.01. The number of fused-ring (bicyclic) bond motifs is 1. The van der Waals surface area contributed by atoms with Gasteiger partial charge in [-0.15, -0.1) is 11.3 Å². The molecule has 4 rings (SSSR count). The van der Waals surface area contributed by atoms with Crippen LogP contribution in [0, 0.1) is 0 Å². The van der Waals surface area contributed by atoms with Gasteiger partial charge in [0.1, 0.15) is 10.5 Å². The minimum atomic E-state index is -0.994. The molecule has 0 unspecified atom stereocenters. The summed E-state index contributed by atoms with van der Waals surface area (Å²) in [5.74, 6) is -0.212. The summed E-state index contributed by atoms with van der Waals surface area (Å²) in [5.41, 5.74) is 2.52. The molecule has 5 nitrogen and oxygen atoms in total. The Hall–Kier alpha value is -2.21. The Balaban J connectivity index is 1.66. The molecule has 1 saturated heterocycles. The topological polar surface area (TPSA) is 62.3 Å². The average Bonchev–Trinajstić information content (AvgIpc) is 3.25. The molecular formula is C17H17N3O2S. The number of amides is 3. The van der Waals surface area contributed by atoms with Crippen molar-refractivity contribution in [2.24, 2.45) is 0 Å². The number of nitrogens with zero attached hydrogens (tertiary/aromatic N) is 2. The lowest BCUT2D eigenvalue weighted by Crippen LogP contribution is -2.40. The highest BCUT2D eigenvalue weighted by molar-refractivity contribution is 7.09. The number of aryl methyl sites for hydroxylation is 2. The third-order valence-electron chi connectivity index (χ3n) is 4.73. The van der Waals surface area contributed by atoms with Crippen molar-refractivity contribution in [2.75, 3.05) is 0 Å². The van der Waals surface area contributed by atoms with E-state index in [1.165, 1.54) is 27.4 Å². The number of benzene rings is 1. The largest absolute Gasteiger partial charge is 0.325 e. The molecule has 1 aromatic heterocycles. The number of carbonyl (C=O) groups excluding carboxylic acids is 2. The summed E-state index contributed by atoms with van der Waals surface area (Å²) in [6.07, 6.45) is 4.98. The molecule has 1 atom stereocenters. The first-order valence-corrected chi connectivity index (χ1v) is 8.61. The van der Waals surface area contributed by atoms with Crippen LogP contribution in [0.5, 0.6) is 0 Å². The molecule has 1 fully saturated rings. The van der Waals surface area contributed by atoms with E-state index >= 15 is 0 Å². The fourth-order valence-electron chi connectivity index (χ4n) is 3.39. The van der Waals surface area contributed by atoms with Gasteiger partial charge in [-0.05, 0) is 42.9 Å². The van der Waals surface area contributed by atoms with E-state index in [9.17, 15) is 9.59 Å². The van der Waals surface area contributed by atoms with Crippen molar-refractivity contribution in [1.82, 2.24) is 15.2 Å². The van der Waals surface area contributed by atoms with Crippen molar-refractivity contribution in [3.8, 4) is 0 Å². The minimum Gasteiger partial charge on any atom is -0.319 e. The van der Waals surface area contributed by atoms with Crippen LogP contribution in [0.1, 0.15) is 35.0 Å². The van der Waals surface area contributed by atoms with Crippen LogP contribution in [0.2, 0.25) is 0 Å². The number of rotatable bonds is 3. The molecule has 0 saturated carbocycles. The first-order valence-electron chi connectivity index (χ1n) is 7.73. The molecule has 1 N–H and O–H groups in total. The van der Waals surface area contributed by atoms with Crippen LogP contribution in [-0.4, -0.2) is 21.8 Å². The Morgan fingerprint density at radius 3 is 2.91 bits per heavy atom. The number of thiazole rings is 1. The summed E-state index contributed by atoms with van der Waals surface area (Å²) in [5, 5.41) is 5.46. The van der Waals surface area contributed by atoms with E-state index in [1.54, 1.807) is 13.1 Å². The van der Waals surface area contributed by atoms with E-state index in [1.807, 2.05) is 11.4 Å².